The first-order valence-electron chi connectivity index (χ1n) is 4.58. The van der Waals surface area contributed by atoms with E-state index in [1.165, 1.54) is 6.07 Å². The Hall–Kier alpha value is -1.68. The van der Waals surface area contributed by atoms with Crippen LogP contribution in [0.4, 0.5) is 4.39 Å². The molecule has 0 bridgehead atoms. The molecule has 78 valence electrons. The summed E-state index contributed by atoms with van der Waals surface area (Å²) in [4.78, 5) is 4.04. The molecule has 1 aromatic carbocycles. The van der Waals surface area contributed by atoms with Crippen molar-refractivity contribution in [1.82, 2.24) is 4.98 Å². The molecule has 0 radical (unpaired) electrons. The molecule has 2 N–H and O–H groups in total. The average Bonchev–Trinajstić information content (AvgIpc) is 2.29. The topological polar surface area (TPSA) is 48.1 Å². The van der Waals surface area contributed by atoms with Crippen molar-refractivity contribution in [2.45, 2.75) is 6.54 Å². The van der Waals surface area contributed by atoms with E-state index >= 15 is 0 Å². The van der Waals surface area contributed by atoms with Crippen molar-refractivity contribution in [1.29, 1.82) is 0 Å². The van der Waals surface area contributed by atoms with Gasteiger partial charge in [-0.25, -0.2) is 4.39 Å². The van der Waals surface area contributed by atoms with E-state index in [2.05, 4.69) is 4.98 Å². The maximum atomic E-state index is 13.6. The maximum Gasteiger partial charge on any atom is 0.133 e. The summed E-state index contributed by atoms with van der Waals surface area (Å²) in [6, 6.07) is 4.68. The van der Waals surface area contributed by atoms with E-state index in [1.807, 2.05) is 0 Å². The number of halogens is 1. The number of nitrogens with two attached hydrogens (primary N) is 1. The lowest BCUT2D eigenvalue weighted by Crippen LogP contribution is -2.02. The highest BCUT2D eigenvalue weighted by Crippen LogP contribution is 2.28. The Morgan fingerprint density at radius 2 is 2.20 bits per heavy atom. The van der Waals surface area contributed by atoms with Gasteiger partial charge in [-0.1, -0.05) is 0 Å². The molecule has 15 heavy (non-hydrogen) atoms. The number of benzene rings is 1. The van der Waals surface area contributed by atoms with Gasteiger partial charge >= 0.3 is 0 Å². The molecular formula is C11H11FN2O. The van der Waals surface area contributed by atoms with E-state index in [0.29, 0.717) is 22.2 Å². The van der Waals surface area contributed by atoms with Gasteiger partial charge in [-0.3, -0.25) is 4.98 Å². The monoisotopic (exact) mass is 206 g/mol. The van der Waals surface area contributed by atoms with Crippen LogP contribution in [0, 0.1) is 5.82 Å². The smallest absolute Gasteiger partial charge is 0.133 e. The lowest BCUT2D eigenvalue weighted by atomic mass is 10.1. The van der Waals surface area contributed by atoms with Gasteiger partial charge in [0.1, 0.15) is 11.6 Å². The number of ether oxygens (including phenoxy) is 1. The second-order valence-corrected chi connectivity index (χ2v) is 3.13. The molecule has 3 nitrogen and oxygen atoms in total. The number of rotatable bonds is 2. The first-order valence-corrected chi connectivity index (χ1v) is 4.58. The Kier molecular flexibility index (Phi) is 2.51. The summed E-state index contributed by atoms with van der Waals surface area (Å²) >= 11 is 0. The van der Waals surface area contributed by atoms with E-state index < -0.39 is 0 Å². The Balaban J connectivity index is 2.86. The number of pyridine rings is 1. The van der Waals surface area contributed by atoms with Crippen molar-refractivity contribution in [3.05, 3.63) is 35.9 Å². The summed E-state index contributed by atoms with van der Waals surface area (Å²) in [5.74, 6) is 0.308. The highest BCUT2D eigenvalue weighted by Gasteiger charge is 2.10. The van der Waals surface area contributed by atoms with Crippen molar-refractivity contribution in [2.24, 2.45) is 5.73 Å². The number of methoxy groups -OCH3 is 1. The van der Waals surface area contributed by atoms with Crippen molar-refractivity contribution in [3.63, 3.8) is 0 Å². The maximum absolute atomic E-state index is 13.6. The molecular weight excluding hydrogens is 195 g/mol. The predicted molar refractivity (Wildman–Crippen MR) is 56.1 cm³/mol. The van der Waals surface area contributed by atoms with Gasteiger partial charge < -0.3 is 10.5 Å². The van der Waals surface area contributed by atoms with Crippen LogP contribution in [0.5, 0.6) is 5.75 Å². The number of hydrogen-bond acceptors (Lipinski definition) is 3. The van der Waals surface area contributed by atoms with Crippen LogP contribution in [0.25, 0.3) is 10.8 Å². The summed E-state index contributed by atoms with van der Waals surface area (Å²) in [5, 5.41) is 1.15. The quantitative estimate of drug-likeness (QED) is 0.815. The minimum absolute atomic E-state index is 0.210. The van der Waals surface area contributed by atoms with E-state index in [9.17, 15) is 4.39 Å². The fourth-order valence-electron chi connectivity index (χ4n) is 1.63. The highest BCUT2D eigenvalue weighted by atomic mass is 19.1. The van der Waals surface area contributed by atoms with Crippen LogP contribution in [0.15, 0.2) is 24.4 Å². The Morgan fingerprint density at radius 3 is 2.87 bits per heavy atom. The second kappa shape index (κ2) is 3.82. The summed E-state index contributed by atoms with van der Waals surface area (Å²) in [7, 11) is 1.55. The predicted octanol–water partition coefficient (Wildman–Crippen LogP) is 1.84. The molecule has 0 aliphatic heterocycles. The van der Waals surface area contributed by atoms with Gasteiger partial charge in [0.05, 0.1) is 12.8 Å². The zero-order chi connectivity index (χ0) is 10.8. The SMILES string of the molecule is COc1ccc(F)c2c(CN)nccc12. The third kappa shape index (κ3) is 1.53. The zero-order valence-electron chi connectivity index (χ0n) is 8.33. The van der Waals surface area contributed by atoms with Crippen LogP contribution in [-0.2, 0) is 6.54 Å². The Morgan fingerprint density at radius 1 is 1.40 bits per heavy atom. The van der Waals surface area contributed by atoms with Crippen molar-refractivity contribution in [3.8, 4) is 5.75 Å². The fourth-order valence-corrected chi connectivity index (χ4v) is 1.63. The summed E-state index contributed by atoms with van der Waals surface area (Å²) in [6.07, 6.45) is 1.60. The zero-order valence-corrected chi connectivity index (χ0v) is 8.33. The molecule has 0 unspecified atom stereocenters. The highest BCUT2D eigenvalue weighted by molar-refractivity contribution is 5.90. The molecule has 4 heteroatoms. The number of hydrogen-bond donors (Lipinski definition) is 1. The first kappa shape index (κ1) is 9.86. The van der Waals surface area contributed by atoms with Crippen molar-refractivity contribution < 1.29 is 9.13 Å². The van der Waals surface area contributed by atoms with Crippen molar-refractivity contribution in [2.75, 3.05) is 7.11 Å². The van der Waals surface area contributed by atoms with Gasteiger partial charge in [0, 0.05) is 23.5 Å². The van der Waals surface area contributed by atoms with Gasteiger partial charge in [0.25, 0.3) is 0 Å². The summed E-state index contributed by atoms with van der Waals surface area (Å²) in [5.41, 5.74) is 6.05. The standard InChI is InChI=1S/C11H11FN2O/c1-15-10-3-2-8(12)11-7(10)4-5-14-9(11)6-13/h2-5H,6,13H2,1H3. The molecule has 0 aliphatic rings. The molecule has 1 heterocycles. The van der Waals surface area contributed by atoms with Crippen LogP contribution >= 0.6 is 0 Å². The molecule has 0 fully saturated rings. The van der Waals surface area contributed by atoms with E-state index in [-0.39, 0.29) is 12.4 Å². The lowest BCUT2D eigenvalue weighted by molar-refractivity contribution is 0.419. The number of fused-ring (bicyclic) bond motifs is 1. The fraction of sp³-hybridized carbons (Fsp3) is 0.182. The molecule has 0 atom stereocenters. The first-order chi connectivity index (χ1) is 7.27. The van der Waals surface area contributed by atoms with Gasteiger partial charge in [-0.05, 0) is 18.2 Å². The lowest BCUT2D eigenvalue weighted by Gasteiger charge is -2.08. The Bertz CT molecular complexity index is 499. The van der Waals surface area contributed by atoms with Crippen LogP contribution in [0.1, 0.15) is 5.69 Å². The van der Waals surface area contributed by atoms with E-state index in [4.69, 9.17) is 10.5 Å². The molecule has 0 amide bonds. The van der Waals surface area contributed by atoms with Crippen LogP contribution in [-0.4, -0.2) is 12.1 Å². The van der Waals surface area contributed by atoms with Gasteiger partial charge in [0.2, 0.25) is 0 Å². The van der Waals surface area contributed by atoms with Gasteiger partial charge in [-0.15, -0.1) is 0 Å². The largest absolute Gasteiger partial charge is 0.496 e. The van der Waals surface area contributed by atoms with Crippen LogP contribution in [0.3, 0.4) is 0 Å². The normalized spacial score (nSPS) is 10.6. The molecule has 0 aliphatic carbocycles. The van der Waals surface area contributed by atoms with Crippen molar-refractivity contribution >= 4 is 10.8 Å². The third-order valence-electron chi connectivity index (χ3n) is 2.33. The molecule has 0 saturated carbocycles. The molecule has 0 saturated heterocycles. The summed E-state index contributed by atoms with van der Waals surface area (Å²) in [6.45, 7) is 0.210. The average molecular weight is 206 g/mol. The van der Waals surface area contributed by atoms with Crippen LogP contribution < -0.4 is 10.5 Å². The Labute approximate surface area is 86.7 Å². The van der Waals surface area contributed by atoms with Gasteiger partial charge in [-0.2, -0.15) is 0 Å². The van der Waals surface area contributed by atoms with E-state index in [0.717, 1.165) is 0 Å². The minimum atomic E-state index is -0.320. The number of nitrogens with zero attached hydrogens (tertiary/aromatic N) is 1. The second-order valence-electron chi connectivity index (χ2n) is 3.13. The van der Waals surface area contributed by atoms with Gasteiger partial charge in [0.15, 0.2) is 0 Å². The third-order valence-corrected chi connectivity index (χ3v) is 2.33. The van der Waals surface area contributed by atoms with Crippen LogP contribution in [0.2, 0.25) is 0 Å². The number of aromatic nitrogens is 1. The molecule has 2 aromatic rings. The molecule has 1 aromatic heterocycles. The molecule has 0 spiro atoms. The van der Waals surface area contributed by atoms with E-state index in [1.54, 1.807) is 25.4 Å². The minimum Gasteiger partial charge on any atom is -0.496 e. The summed E-state index contributed by atoms with van der Waals surface area (Å²) < 4.78 is 18.7. The molecule has 2 rings (SSSR count).